The van der Waals surface area contributed by atoms with Gasteiger partial charge in [0.25, 0.3) is 0 Å². The molecule has 0 aliphatic carbocycles. The lowest BCUT2D eigenvalue weighted by molar-refractivity contribution is 0.663. The lowest BCUT2D eigenvalue weighted by Gasteiger charge is -2.23. The molecule has 82 valence electrons. The first kappa shape index (κ1) is 11.5. The molecule has 0 atom stereocenters. The molecule has 1 aliphatic heterocycles. The molecular formula is C9H11BrClN3S. The zero-order valence-corrected chi connectivity index (χ0v) is 11.2. The van der Waals surface area contributed by atoms with Crippen molar-refractivity contribution < 1.29 is 0 Å². The van der Waals surface area contributed by atoms with Gasteiger partial charge in [0.15, 0.2) is 0 Å². The number of hydrogen-bond donors (Lipinski definition) is 1. The quantitative estimate of drug-likeness (QED) is 0.852. The van der Waals surface area contributed by atoms with Crippen LogP contribution in [0.15, 0.2) is 10.7 Å². The summed E-state index contributed by atoms with van der Waals surface area (Å²) in [7, 11) is 0. The summed E-state index contributed by atoms with van der Waals surface area (Å²) in [5, 5.41) is 3.68. The van der Waals surface area contributed by atoms with Crippen LogP contribution in [-0.2, 0) is 0 Å². The normalized spacial score (nSPS) is 17.7. The maximum Gasteiger partial charge on any atom is 0.224 e. The van der Waals surface area contributed by atoms with Crippen LogP contribution in [0.2, 0.25) is 5.28 Å². The fraction of sp³-hybridized carbons (Fsp3) is 0.556. The molecule has 2 heterocycles. The van der Waals surface area contributed by atoms with Gasteiger partial charge in [-0.1, -0.05) is 0 Å². The Kier molecular flexibility index (Phi) is 4.11. The molecule has 0 radical (unpaired) electrons. The number of nitrogens with zero attached hydrogens (tertiary/aromatic N) is 2. The van der Waals surface area contributed by atoms with E-state index in [4.69, 9.17) is 11.6 Å². The van der Waals surface area contributed by atoms with Crippen molar-refractivity contribution in [3.8, 4) is 0 Å². The standard InChI is InChI=1S/C9H11BrClN3S/c10-7-5-12-9(11)14-8(7)13-6-1-3-15-4-2-6/h5-6H,1-4H2,(H,12,13,14). The molecule has 0 saturated carbocycles. The van der Waals surface area contributed by atoms with Crippen LogP contribution in [0.3, 0.4) is 0 Å². The molecule has 1 N–H and O–H groups in total. The number of thioether (sulfide) groups is 1. The van der Waals surface area contributed by atoms with Crippen molar-refractivity contribution in [1.29, 1.82) is 0 Å². The average molecular weight is 309 g/mol. The van der Waals surface area contributed by atoms with Gasteiger partial charge in [-0.05, 0) is 51.9 Å². The molecule has 1 saturated heterocycles. The van der Waals surface area contributed by atoms with E-state index in [2.05, 4.69) is 31.2 Å². The van der Waals surface area contributed by atoms with Gasteiger partial charge in [0.05, 0.1) is 4.47 Å². The molecule has 3 nitrogen and oxygen atoms in total. The van der Waals surface area contributed by atoms with Crippen LogP contribution in [0.4, 0.5) is 5.82 Å². The van der Waals surface area contributed by atoms with Gasteiger partial charge < -0.3 is 5.32 Å². The molecule has 0 bridgehead atoms. The Morgan fingerprint density at radius 3 is 2.93 bits per heavy atom. The molecule has 15 heavy (non-hydrogen) atoms. The second-order valence-electron chi connectivity index (χ2n) is 3.37. The molecule has 1 aromatic rings. The molecule has 6 heteroatoms. The molecule has 1 aliphatic rings. The van der Waals surface area contributed by atoms with Crippen LogP contribution in [-0.4, -0.2) is 27.5 Å². The van der Waals surface area contributed by atoms with Gasteiger partial charge in [-0.2, -0.15) is 16.7 Å². The first-order valence-corrected chi connectivity index (χ1v) is 7.10. The Labute approximate surface area is 107 Å². The first-order chi connectivity index (χ1) is 7.25. The molecule has 1 aromatic heterocycles. The van der Waals surface area contributed by atoms with Crippen LogP contribution in [0.5, 0.6) is 0 Å². The predicted molar refractivity (Wildman–Crippen MR) is 68.7 cm³/mol. The zero-order chi connectivity index (χ0) is 10.7. The van der Waals surface area contributed by atoms with Crippen molar-refractivity contribution >= 4 is 45.1 Å². The van der Waals surface area contributed by atoms with E-state index in [1.165, 1.54) is 24.3 Å². The molecular weight excluding hydrogens is 298 g/mol. The van der Waals surface area contributed by atoms with Gasteiger partial charge in [-0.25, -0.2) is 4.98 Å². The summed E-state index contributed by atoms with van der Waals surface area (Å²) in [5.74, 6) is 3.23. The number of nitrogens with one attached hydrogen (secondary N) is 1. The van der Waals surface area contributed by atoms with Gasteiger partial charge in [-0.3, -0.25) is 0 Å². The molecule has 0 aromatic carbocycles. The van der Waals surface area contributed by atoms with Crippen LogP contribution in [0.25, 0.3) is 0 Å². The number of anilines is 1. The van der Waals surface area contributed by atoms with Gasteiger partial charge in [0.1, 0.15) is 5.82 Å². The average Bonchev–Trinajstić information content (AvgIpc) is 2.25. The molecule has 0 unspecified atom stereocenters. The van der Waals surface area contributed by atoms with E-state index >= 15 is 0 Å². The number of halogens is 2. The topological polar surface area (TPSA) is 37.8 Å². The summed E-state index contributed by atoms with van der Waals surface area (Å²) < 4.78 is 0.866. The van der Waals surface area contributed by atoms with E-state index in [1.807, 2.05) is 11.8 Å². The number of rotatable bonds is 2. The second-order valence-corrected chi connectivity index (χ2v) is 5.78. The molecule has 0 spiro atoms. The third-order valence-electron chi connectivity index (χ3n) is 2.28. The fourth-order valence-corrected chi connectivity index (χ4v) is 3.03. The summed E-state index contributed by atoms with van der Waals surface area (Å²) in [6.45, 7) is 0. The van der Waals surface area contributed by atoms with Crippen molar-refractivity contribution in [3.05, 3.63) is 16.0 Å². The van der Waals surface area contributed by atoms with Crippen molar-refractivity contribution in [2.45, 2.75) is 18.9 Å². The van der Waals surface area contributed by atoms with E-state index in [-0.39, 0.29) is 5.28 Å². The van der Waals surface area contributed by atoms with Crippen molar-refractivity contribution in [3.63, 3.8) is 0 Å². The van der Waals surface area contributed by atoms with Gasteiger partial charge >= 0.3 is 0 Å². The van der Waals surface area contributed by atoms with Crippen molar-refractivity contribution in [1.82, 2.24) is 9.97 Å². The Bertz CT molecular complexity index is 344. The van der Waals surface area contributed by atoms with E-state index < -0.39 is 0 Å². The summed E-state index contributed by atoms with van der Waals surface area (Å²) in [4.78, 5) is 8.05. The molecule has 2 rings (SSSR count). The largest absolute Gasteiger partial charge is 0.366 e. The highest BCUT2D eigenvalue weighted by molar-refractivity contribution is 9.10. The predicted octanol–water partition coefficient (Wildman–Crippen LogP) is 3.20. The van der Waals surface area contributed by atoms with Crippen molar-refractivity contribution in [2.75, 3.05) is 16.8 Å². The van der Waals surface area contributed by atoms with Gasteiger partial charge in [0.2, 0.25) is 5.28 Å². The summed E-state index contributed by atoms with van der Waals surface area (Å²) in [5.41, 5.74) is 0. The van der Waals surface area contributed by atoms with E-state index in [1.54, 1.807) is 6.20 Å². The number of aromatic nitrogens is 2. The van der Waals surface area contributed by atoms with E-state index in [0.29, 0.717) is 6.04 Å². The zero-order valence-electron chi connectivity index (χ0n) is 8.04. The van der Waals surface area contributed by atoms with Crippen LogP contribution < -0.4 is 5.32 Å². The Hall–Kier alpha value is -0.000000000000000111. The third kappa shape index (κ3) is 3.23. The second kappa shape index (κ2) is 5.37. The smallest absolute Gasteiger partial charge is 0.224 e. The van der Waals surface area contributed by atoms with Gasteiger partial charge in [0, 0.05) is 12.2 Å². The Balaban J connectivity index is 2.05. The summed E-state index contributed by atoms with van der Waals surface area (Å²) >= 11 is 11.2. The lowest BCUT2D eigenvalue weighted by atomic mass is 10.1. The van der Waals surface area contributed by atoms with E-state index in [0.717, 1.165) is 10.3 Å². The van der Waals surface area contributed by atoms with Crippen LogP contribution in [0.1, 0.15) is 12.8 Å². The van der Waals surface area contributed by atoms with Crippen LogP contribution >= 0.6 is 39.3 Å². The SMILES string of the molecule is Clc1ncc(Br)c(NC2CCSCC2)n1. The van der Waals surface area contributed by atoms with E-state index in [9.17, 15) is 0 Å². The Morgan fingerprint density at radius 1 is 1.47 bits per heavy atom. The highest BCUT2D eigenvalue weighted by Crippen LogP contribution is 2.25. The number of hydrogen-bond acceptors (Lipinski definition) is 4. The minimum atomic E-state index is 0.283. The first-order valence-electron chi connectivity index (χ1n) is 4.78. The lowest BCUT2D eigenvalue weighted by Crippen LogP contribution is -2.25. The minimum absolute atomic E-state index is 0.283. The van der Waals surface area contributed by atoms with Crippen molar-refractivity contribution in [2.24, 2.45) is 0 Å². The minimum Gasteiger partial charge on any atom is -0.366 e. The maximum atomic E-state index is 5.75. The highest BCUT2D eigenvalue weighted by atomic mass is 79.9. The maximum absolute atomic E-state index is 5.75. The fourth-order valence-electron chi connectivity index (χ4n) is 1.48. The van der Waals surface area contributed by atoms with Gasteiger partial charge in [-0.15, -0.1) is 0 Å². The molecule has 0 amide bonds. The third-order valence-corrected chi connectivity index (χ3v) is 4.09. The van der Waals surface area contributed by atoms with Crippen LogP contribution in [0, 0.1) is 0 Å². The highest BCUT2D eigenvalue weighted by Gasteiger charge is 2.15. The Morgan fingerprint density at radius 2 is 2.20 bits per heavy atom. The summed E-state index contributed by atoms with van der Waals surface area (Å²) in [6.07, 6.45) is 4.03. The molecule has 1 fully saturated rings. The monoisotopic (exact) mass is 307 g/mol. The summed E-state index contributed by atoms with van der Waals surface area (Å²) in [6, 6.07) is 0.508.